The molecule has 0 saturated carbocycles. The van der Waals surface area contributed by atoms with Crippen molar-refractivity contribution < 1.29 is 14.3 Å². The first-order chi connectivity index (χ1) is 8.43. The van der Waals surface area contributed by atoms with E-state index in [0.29, 0.717) is 10.7 Å². The lowest BCUT2D eigenvalue weighted by Crippen LogP contribution is -2.14. The molecule has 0 fully saturated rings. The van der Waals surface area contributed by atoms with Crippen molar-refractivity contribution in [2.75, 3.05) is 12.4 Å². The second-order valence-electron chi connectivity index (χ2n) is 3.37. The maximum Gasteiger partial charge on any atom is 0.306 e. The van der Waals surface area contributed by atoms with Crippen molar-refractivity contribution in [2.45, 2.75) is 12.8 Å². The fourth-order valence-corrected chi connectivity index (χ4v) is 1.74. The quantitative estimate of drug-likeness (QED) is 0.683. The Kier molecular flexibility index (Phi) is 5.72. The van der Waals surface area contributed by atoms with E-state index < -0.39 is 5.97 Å². The van der Waals surface area contributed by atoms with Crippen LogP contribution in [0, 0.1) is 0 Å². The predicted molar refractivity (Wildman–Crippen MR) is 71.4 cm³/mol. The van der Waals surface area contributed by atoms with E-state index in [1.165, 1.54) is 19.2 Å². The van der Waals surface area contributed by atoms with Gasteiger partial charge in [-0.15, -0.1) is 0 Å². The number of carbonyl (C=O) groups excluding carboxylic acids is 2. The maximum absolute atomic E-state index is 11.5. The van der Waals surface area contributed by atoms with Crippen LogP contribution >= 0.6 is 34.8 Å². The number of rotatable bonds is 4. The molecular formula is C11H10Cl3NO3. The normalized spacial score (nSPS) is 10.0. The number of benzene rings is 1. The molecule has 0 saturated heterocycles. The lowest BCUT2D eigenvalue weighted by Gasteiger charge is -2.08. The number of carbonyl (C=O) groups is 2. The van der Waals surface area contributed by atoms with Crippen LogP contribution in [0.2, 0.25) is 15.1 Å². The second kappa shape index (κ2) is 6.83. The summed E-state index contributed by atoms with van der Waals surface area (Å²) < 4.78 is 4.43. The Labute approximate surface area is 119 Å². The molecule has 0 unspecified atom stereocenters. The van der Waals surface area contributed by atoms with Crippen LogP contribution in [0.3, 0.4) is 0 Å². The summed E-state index contributed by atoms with van der Waals surface area (Å²) in [6.07, 6.45) is 0.00449. The zero-order valence-corrected chi connectivity index (χ0v) is 11.7. The molecule has 1 aromatic rings. The number of anilines is 1. The minimum Gasteiger partial charge on any atom is -0.469 e. The molecule has 4 nitrogen and oxygen atoms in total. The third-order valence-electron chi connectivity index (χ3n) is 2.07. The summed E-state index contributed by atoms with van der Waals surface area (Å²) in [7, 11) is 1.26. The van der Waals surface area contributed by atoms with Gasteiger partial charge in [-0.3, -0.25) is 9.59 Å². The van der Waals surface area contributed by atoms with Gasteiger partial charge in [0.05, 0.1) is 34.3 Å². The van der Waals surface area contributed by atoms with Gasteiger partial charge in [-0.2, -0.15) is 0 Å². The molecule has 0 heterocycles. The molecule has 1 aromatic carbocycles. The Hall–Kier alpha value is -0.970. The van der Waals surface area contributed by atoms with Crippen LogP contribution in [0.15, 0.2) is 12.1 Å². The maximum atomic E-state index is 11.5. The molecule has 0 radical (unpaired) electrons. The minimum absolute atomic E-state index is 0.00126. The zero-order chi connectivity index (χ0) is 13.7. The molecule has 0 aliphatic heterocycles. The highest BCUT2D eigenvalue weighted by Gasteiger charge is 2.11. The molecule has 0 bridgehead atoms. The smallest absolute Gasteiger partial charge is 0.306 e. The van der Waals surface area contributed by atoms with Crippen molar-refractivity contribution in [1.29, 1.82) is 0 Å². The van der Waals surface area contributed by atoms with Gasteiger partial charge in [0.2, 0.25) is 5.91 Å². The molecule has 7 heteroatoms. The Morgan fingerprint density at radius 1 is 1.11 bits per heavy atom. The summed E-state index contributed by atoms with van der Waals surface area (Å²) in [6, 6.07) is 2.88. The molecule has 0 aromatic heterocycles. The van der Waals surface area contributed by atoms with Crippen molar-refractivity contribution in [3.8, 4) is 0 Å². The number of amides is 1. The highest BCUT2D eigenvalue weighted by atomic mass is 35.5. The molecule has 0 aliphatic rings. The number of nitrogens with one attached hydrogen (secondary N) is 1. The standard InChI is InChI=1S/C11H10Cl3NO3/c1-18-11(17)3-2-10(16)15-9-5-7(13)6(12)4-8(9)14/h4-5H,2-3H2,1H3,(H,15,16). The molecular weight excluding hydrogens is 300 g/mol. The Morgan fingerprint density at radius 3 is 2.33 bits per heavy atom. The van der Waals surface area contributed by atoms with Crippen molar-refractivity contribution in [3.05, 3.63) is 27.2 Å². The van der Waals surface area contributed by atoms with Gasteiger partial charge >= 0.3 is 5.97 Å². The highest BCUT2D eigenvalue weighted by molar-refractivity contribution is 6.44. The van der Waals surface area contributed by atoms with E-state index in [-0.39, 0.29) is 28.8 Å². The van der Waals surface area contributed by atoms with E-state index in [9.17, 15) is 9.59 Å². The van der Waals surface area contributed by atoms with Crippen molar-refractivity contribution >= 4 is 52.4 Å². The van der Waals surface area contributed by atoms with Crippen molar-refractivity contribution in [1.82, 2.24) is 0 Å². The fourth-order valence-electron chi connectivity index (χ4n) is 1.15. The van der Waals surface area contributed by atoms with Gasteiger partial charge in [0.25, 0.3) is 0 Å². The molecule has 1 rings (SSSR count). The summed E-state index contributed by atoms with van der Waals surface area (Å²) in [5.41, 5.74) is 0.348. The first-order valence-corrected chi connectivity index (χ1v) is 6.08. The van der Waals surface area contributed by atoms with E-state index in [1.54, 1.807) is 0 Å². The lowest BCUT2D eigenvalue weighted by molar-refractivity contribution is -0.141. The zero-order valence-electron chi connectivity index (χ0n) is 9.43. The molecule has 1 N–H and O–H groups in total. The average Bonchev–Trinajstić information content (AvgIpc) is 2.33. The molecule has 1 amide bonds. The van der Waals surface area contributed by atoms with Gasteiger partial charge in [0, 0.05) is 6.42 Å². The van der Waals surface area contributed by atoms with E-state index in [2.05, 4.69) is 10.1 Å². The minimum atomic E-state index is -0.453. The van der Waals surface area contributed by atoms with Crippen LogP contribution in [0.5, 0.6) is 0 Å². The molecule has 98 valence electrons. The van der Waals surface area contributed by atoms with Gasteiger partial charge in [-0.25, -0.2) is 0 Å². The van der Waals surface area contributed by atoms with Gasteiger partial charge < -0.3 is 10.1 Å². The Morgan fingerprint density at radius 2 is 1.72 bits per heavy atom. The fraction of sp³-hybridized carbons (Fsp3) is 0.273. The topological polar surface area (TPSA) is 55.4 Å². The van der Waals surface area contributed by atoms with Gasteiger partial charge in [0.1, 0.15) is 0 Å². The largest absolute Gasteiger partial charge is 0.469 e. The number of hydrogen-bond donors (Lipinski definition) is 1. The third kappa shape index (κ3) is 4.37. The Bertz CT molecular complexity index is 477. The van der Waals surface area contributed by atoms with Crippen LogP contribution in [-0.2, 0) is 14.3 Å². The van der Waals surface area contributed by atoms with Crippen LogP contribution in [-0.4, -0.2) is 19.0 Å². The van der Waals surface area contributed by atoms with Crippen LogP contribution < -0.4 is 5.32 Å². The molecule has 18 heavy (non-hydrogen) atoms. The lowest BCUT2D eigenvalue weighted by atomic mass is 10.2. The monoisotopic (exact) mass is 309 g/mol. The van der Waals surface area contributed by atoms with Crippen LogP contribution in [0.25, 0.3) is 0 Å². The van der Waals surface area contributed by atoms with Crippen molar-refractivity contribution in [3.63, 3.8) is 0 Å². The number of hydrogen-bond acceptors (Lipinski definition) is 3. The summed E-state index contributed by atoms with van der Waals surface area (Å²) >= 11 is 17.4. The summed E-state index contributed by atoms with van der Waals surface area (Å²) in [5, 5.41) is 3.39. The number of esters is 1. The number of ether oxygens (including phenoxy) is 1. The number of methoxy groups -OCH3 is 1. The second-order valence-corrected chi connectivity index (χ2v) is 4.59. The first kappa shape index (κ1) is 15.1. The number of halogens is 3. The van der Waals surface area contributed by atoms with E-state index in [4.69, 9.17) is 34.8 Å². The van der Waals surface area contributed by atoms with Crippen LogP contribution in [0.1, 0.15) is 12.8 Å². The Balaban J connectivity index is 2.65. The average molecular weight is 311 g/mol. The molecule has 0 spiro atoms. The predicted octanol–water partition coefficient (Wildman–Crippen LogP) is 3.54. The summed E-state index contributed by atoms with van der Waals surface area (Å²) in [5.74, 6) is -0.814. The van der Waals surface area contributed by atoms with Crippen molar-refractivity contribution in [2.24, 2.45) is 0 Å². The van der Waals surface area contributed by atoms with E-state index >= 15 is 0 Å². The van der Waals surface area contributed by atoms with E-state index in [1.807, 2.05) is 0 Å². The summed E-state index contributed by atoms with van der Waals surface area (Å²) in [4.78, 5) is 22.4. The van der Waals surface area contributed by atoms with Gasteiger partial charge in [0.15, 0.2) is 0 Å². The third-order valence-corrected chi connectivity index (χ3v) is 3.10. The molecule has 0 aliphatic carbocycles. The van der Waals surface area contributed by atoms with Gasteiger partial charge in [-0.1, -0.05) is 34.8 Å². The first-order valence-electron chi connectivity index (χ1n) is 4.95. The SMILES string of the molecule is COC(=O)CCC(=O)Nc1cc(Cl)c(Cl)cc1Cl. The van der Waals surface area contributed by atoms with Gasteiger partial charge in [-0.05, 0) is 12.1 Å². The van der Waals surface area contributed by atoms with Crippen LogP contribution in [0.4, 0.5) is 5.69 Å². The van der Waals surface area contributed by atoms with E-state index in [0.717, 1.165) is 0 Å². The highest BCUT2D eigenvalue weighted by Crippen LogP contribution is 2.32. The molecule has 0 atom stereocenters. The summed E-state index contributed by atoms with van der Waals surface area (Å²) in [6.45, 7) is 0.